The third-order valence-corrected chi connectivity index (χ3v) is 4.48. The minimum Gasteiger partial charge on any atom is -0.309 e. The van der Waals surface area contributed by atoms with Gasteiger partial charge in [0.25, 0.3) is 0 Å². The van der Waals surface area contributed by atoms with Crippen LogP contribution in [-0.4, -0.2) is 7.05 Å². The van der Waals surface area contributed by atoms with E-state index in [0.717, 1.165) is 12.1 Å². The first-order valence-corrected chi connectivity index (χ1v) is 7.36. The van der Waals surface area contributed by atoms with Crippen LogP contribution >= 0.6 is 39.1 Å². The van der Waals surface area contributed by atoms with Crippen molar-refractivity contribution in [3.8, 4) is 0 Å². The summed E-state index contributed by atoms with van der Waals surface area (Å²) in [6.45, 7) is 0. The molecule has 1 N–H and O–H groups in total. The summed E-state index contributed by atoms with van der Waals surface area (Å²) in [4.78, 5) is 0. The Morgan fingerprint density at radius 2 is 1.48 bits per heavy atom. The predicted octanol–water partition coefficient (Wildman–Crippen LogP) is 5.48. The highest BCUT2D eigenvalue weighted by atomic mass is 79.9. The molecule has 0 aliphatic heterocycles. The lowest BCUT2D eigenvalue weighted by molar-refractivity contribution is 0.537. The first-order chi connectivity index (χ1) is 9.85. The maximum absolute atomic E-state index is 14.1. The Morgan fingerprint density at radius 1 is 0.905 bits per heavy atom. The van der Waals surface area contributed by atoms with E-state index in [4.69, 9.17) is 23.2 Å². The van der Waals surface area contributed by atoms with Crippen LogP contribution in [-0.2, 0) is 0 Å². The Morgan fingerprint density at radius 3 is 2.10 bits per heavy atom. The minimum absolute atomic E-state index is 0.0586. The third-order valence-electron chi connectivity index (χ3n) is 2.99. The van der Waals surface area contributed by atoms with Crippen molar-refractivity contribution >= 4 is 39.1 Å². The molecule has 0 saturated carbocycles. The Labute approximate surface area is 138 Å². The summed E-state index contributed by atoms with van der Waals surface area (Å²) in [6.07, 6.45) is 0. The van der Waals surface area contributed by atoms with Gasteiger partial charge < -0.3 is 5.32 Å². The van der Waals surface area contributed by atoms with Gasteiger partial charge in [-0.25, -0.2) is 13.2 Å². The van der Waals surface area contributed by atoms with E-state index in [9.17, 15) is 13.2 Å². The van der Waals surface area contributed by atoms with Gasteiger partial charge in [-0.3, -0.25) is 0 Å². The second-order valence-electron chi connectivity index (χ2n) is 4.30. The zero-order chi connectivity index (χ0) is 15.7. The Hall–Kier alpha value is -0.750. The van der Waals surface area contributed by atoms with Crippen LogP contribution in [0.1, 0.15) is 17.2 Å². The van der Waals surface area contributed by atoms with Crippen molar-refractivity contribution < 1.29 is 13.2 Å². The molecule has 0 heterocycles. The highest BCUT2D eigenvalue weighted by molar-refractivity contribution is 9.10. The maximum Gasteiger partial charge on any atom is 0.142 e. The quantitative estimate of drug-likeness (QED) is 0.675. The van der Waals surface area contributed by atoms with Crippen LogP contribution in [0, 0.1) is 17.5 Å². The number of hydrogen-bond acceptors (Lipinski definition) is 1. The van der Waals surface area contributed by atoms with Gasteiger partial charge in [0.1, 0.15) is 17.5 Å². The zero-order valence-corrected chi connectivity index (χ0v) is 13.8. The molecule has 0 spiro atoms. The topological polar surface area (TPSA) is 12.0 Å². The third kappa shape index (κ3) is 3.37. The van der Waals surface area contributed by atoms with Crippen molar-refractivity contribution in [3.63, 3.8) is 0 Å². The summed E-state index contributed by atoms with van der Waals surface area (Å²) in [6, 6.07) is 3.42. The van der Waals surface area contributed by atoms with Crippen LogP contribution < -0.4 is 5.32 Å². The van der Waals surface area contributed by atoms with Gasteiger partial charge in [0.15, 0.2) is 0 Å². The van der Waals surface area contributed by atoms with Crippen LogP contribution in [0.5, 0.6) is 0 Å². The van der Waals surface area contributed by atoms with Gasteiger partial charge in [0.2, 0.25) is 0 Å². The second-order valence-corrected chi connectivity index (χ2v) is 5.97. The number of hydrogen-bond donors (Lipinski definition) is 1. The van der Waals surface area contributed by atoms with Crippen LogP contribution in [0.3, 0.4) is 0 Å². The zero-order valence-electron chi connectivity index (χ0n) is 10.7. The van der Waals surface area contributed by atoms with Gasteiger partial charge in [0, 0.05) is 15.6 Å². The van der Waals surface area contributed by atoms with Crippen LogP contribution in [0.15, 0.2) is 28.7 Å². The number of rotatable bonds is 3. The first kappa shape index (κ1) is 16.6. The second kappa shape index (κ2) is 6.57. The molecule has 0 aromatic heterocycles. The average molecular weight is 399 g/mol. The summed E-state index contributed by atoms with van der Waals surface area (Å²) >= 11 is 14.6. The van der Waals surface area contributed by atoms with Crippen molar-refractivity contribution in [3.05, 3.63) is 67.4 Å². The van der Waals surface area contributed by atoms with Crippen molar-refractivity contribution in [1.82, 2.24) is 5.32 Å². The molecular formula is C14H9BrCl2F3N. The summed E-state index contributed by atoms with van der Waals surface area (Å²) < 4.78 is 42.0. The van der Waals surface area contributed by atoms with Crippen LogP contribution in [0.4, 0.5) is 13.2 Å². The molecule has 1 atom stereocenters. The predicted molar refractivity (Wildman–Crippen MR) is 81.4 cm³/mol. The summed E-state index contributed by atoms with van der Waals surface area (Å²) in [5, 5.41) is 2.68. The summed E-state index contributed by atoms with van der Waals surface area (Å²) in [5.74, 6) is -2.11. The van der Waals surface area contributed by atoms with E-state index in [-0.39, 0.29) is 21.2 Å². The van der Waals surface area contributed by atoms with Crippen molar-refractivity contribution in [2.24, 2.45) is 0 Å². The molecule has 0 aliphatic carbocycles. The molecule has 0 radical (unpaired) electrons. The lowest BCUT2D eigenvalue weighted by atomic mass is 9.97. The minimum atomic E-state index is -0.901. The van der Waals surface area contributed by atoms with Crippen molar-refractivity contribution in [1.29, 1.82) is 0 Å². The molecule has 2 aromatic rings. The van der Waals surface area contributed by atoms with E-state index in [1.165, 1.54) is 19.2 Å². The molecule has 0 aliphatic rings. The Kier molecular flexibility index (Phi) is 5.20. The smallest absolute Gasteiger partial charge is 0.142 e. The van der Waals surface area contributed by atoms with E-state index in [1.54, 1.807) is 0 Å². The molecule has 1 nitrogen and oxygen atoms in total. The molecule has 0 saturated heterocycles. The Bertz CT molecular complexity index is 637. The molecule has 112 valence electrons. The van der Waals surface area contributed by atoms with Gasteiger partial charge in [-0.2, -0.15) is 0 Å². The lowest BCUT2D eigenvalue weighted by Crippen LogP contribution is -2.20. The fraction of sp³-hybridized carbons (Fsp3) is 0.143. The van der Waals surface area contributed by atoms with Gasteiger partial charge >= 0.3 is 0 Å². The van der Waals surface area contributed by atoms with E-state index >= 15 is 0 Å². The average Bonchev–Trinajstić information content (AvgIpc) is 2.42. The molecular weight excluding hydrogens is 390 g/mol. The largest absolute Gasteiger partial charge is 0.309 e. The SMILES string of the molecule is CNC(c1cc(F)c(Cl)cc1F)c1cc(Cl)c(Br)cc1F. The van der Waals surface area contributed by atoms with E-state index in [2.05, 4.69) is 21.2 Å². The number of benzene rings is 2. The van der Waals surface area contributed by atoms with E-state index in [0.29, 0.717) is 4.47 Å². The summed E-state index contributed by atoms with van der Waals surface area (Å²) in [7, 11) is 1.51. The van der Waals surface area contributed by atoms with E-state index in [1.807, 2.05) is 0 Å². The molecule has 0 fully saturated rings. The molecule has 7 heteroatoms. The first-order valence-electron chi connectivity index (χ1n) is 5.81. The normalized spacial score (nSPS) is 12.5. The van der Waals surface area contributed by atoms with E-state index < -0.39 is 23.5 Å². The van der Waals surface area contributed by atoms with Crippen LogP contribution in [0.25, 0.3) is 0 Å². The fourth-order valence-electron chi connectivity index (χ4n) is 2.00. The monoisotopic (exact) mass is 397 g/mol. The highest BCUT2D eigenvalue weighted by Crippen LogP contribution is 2.33. The molecule has 2 rings (SSSR count). The molecule has 2 aromatic carbocycles. The van der Waals surface area contributed by atoms with Gasteiger partial charge in [0.05, 0.1) is 16.1 Å². The highest BCUT2D eigenvalue weighted by Gasteiger charge is 2.22. The molecule has 1 unspecified atom stereocenters. The maximum atomic E-state index is 14.1. The molecule has 0 amide bonds. The lowest BCUT2D eigenvalue weighted by Gasteiger charge is -2.19. The van der Waals surface area contributed by atoms with Crippen LogP contribution in [0.2, 0.25) is 10.0 Å². The van der Waals surface area contributed by atoms with Gasteiger partial charge in [-0.15, -0.1) is 0 Å². The Balaban J connectivity index is 2.60. The number of halogens is 6. The van der Waals surface area contributed by atoms with Gasteiger partial charge in [-0.1, -0.05) is 23.2 Å². The number of nitrogens with one attached hydrogen (secondary N) is 1. The van der Waals surface area contributed by atoms with Crippen molar-refractivity contribution in [2.75, 3.05) is 7.05 Å². The van der Waals surface area contributed by atoms with Crippen molar-refractivity contribution in [2.45, 2.75) is 6.04 Å². The molecule has 21 heavy (non-hydrogen) atoms. The standard InChI is InChI=1S/C14H9BrCl2F3N/c1-21-14(6-2-9(16)8(15)4-11(6)18)7-3-13(20)10(17)5-12(7)19/h2-5,14,21H,1H3. The summed E-state index contributed by atoms with van der Waals surface area (Å²) in [5.41, 5.74) is 0.0445. The molecule has 0 bridgehead atoms. The fourth-order valence-corrected chi connectivity index (χ4v) is 2.63. The van der Waals surface area contributed by atoms with Gasteiger partial charge in [-0.05, 0) is 47.2 Å².